The van der Waals surface area contributed by atoms with Crippen molar-refractivity contribution >= 4 is 0 Å². The van der Waals surface area contributed by atoms with Gasteiger partial charge in [0.2, 0.25) is 0 Å². The van der Waals surface area contributed by atoms with E-state index in [1.54, 1.807) is 12.1 Å². The highest BCUT2D eigenvalue weighted by atomic mass is 19.1. The molecule has 2 aromatic rings. The van der Waals surface area contributed by atoms with Gasteiger partial charge in [0.05, 0.1) is 0 Å². The molecule has 2 rings (SSSR count). The topological polar surface area (TPSA) is 45.0 Å². The van der Waals surface area contributed by atoms with Crippen LogP contribution in [0.1, 0.15) is 24.1 Å². The Morgan fingerprint density at radius 2 is 1.81 bits per heavy atom. The minimum absolute atomic E-state index is 0.0548. The molecule has 108 valence electrons. The molecule has 0 radical (unpaired) electrons. The Labute approximate surface area is 124 Å². The predicted molar refractivity (Wildman–Crippen MR) is 79.2 cm³/mol. The summed E-state index contributed by atoms with van der Waals surface area (Å²) in [5.41, 5.74) is 2.17. The Morgan fingerprint density at radius 3 is 2.43 bits per heavy atom. The summed E-state index contributed by atoms with van der Waals surface area (Å²) < 4.78 is 18.1. The average Bonchev–Trinajstić information content (AvgIpc) is 2.52. The number of nitrogens with zero attached hydrogens (tertiary/aromatic N) is 1. The summed E-state index contributed by atoms with van der Waals surface area (Å²) in [5, 5.41) is 11.8. The fourth-order valence-electron chi connectivity index (χ4n) is 1.96. The average molecular weight is 284 g/mol. The van der Waals surface area contributed by atoms with Crippen LogP contribution in [-0.4, -0.2) is 6.61 Å². The maximum atomic E-state index is 12.9. The number of benzene rings is 2. The molecule has 4 heteroatoms. The molecule has 0 fully saturated rings. The van der Waals surface area contributed by atoms with Crippen LogP contribution in [0.4, 0.5) is 4.39 Å². The SMILES string of the molecule is C[C@@H](NCc1ccc(OCC#N)cc1)c1ccc(F)cc1. The quantitative estimate of drug-likeness (QED) is 0.882. The minimum Gasteiger partial charge on any atom is -0.479 e. The van der Waals surface area contributed by atoms with E-state index in [0.29, 0.717) is 12.3 Å². The van der Waals surface area contributed by atoms with E-state index in [9.17, 15) is 4.39 Å². The van der Waals surface area contributed by atoms with Gasteiger partial charge in [-0.3, -0.25) is 0 Å². The fraction of sp³-hybridized carbons (Fsp3) is 0.235. The zero-order valence-corrected chi connectivity index (χ0v) is 11.8. The summed E-state index contributed by atoms with van der Waals surface area (Å²) in [6.45, 7) is 2.80. The smallest absolute Gasteiger partial charge is 0.174 e. The first-order chi connectivity index (χ1) is 10.2. The first-order valence-electron chi connectivity index (χ1n) is 6.76. The summed E-state index contributed by atoms with van der Waals surface area (Å²) in [5.74, 6) is 0.464. The highest BCUT2D eigenvalue weighted by Gasteiger charge is 2.05. The normalized spacial score (nSPS) is 11.7. The third kappa shape index (κ3) is 4.59. The number of nitrogens with one attached hydrogen (secondary N) is 1. The predicted octanol–water partition coefficient (Wildman–Crippen LogP) is 3.58. The lowest BCUT2D eigenvalue weighted by Gasteiger charge is -2.14. The molecular formula is C17H17FN2O. The number of hydrogen-bond acceptors (Lipinski definition) is 3. The molecule has 21 heavy (non-hydrogen) atoms. The van der Waals surface area contributed by atoms with Crippen molar-refractivity contribution in [2.24, 2.45) is 0 Å². The third-order valence-electron chi connectivity index (χ3n) is 3.21. The maximum absolute atomic E-state index is 12.9. The van der Waals surface area contributed by atoms with Crippen LogP contribution in [0, 0.1) is 17.1 Å². The van der Waals surface area contributed by atoms with E-state index < -0.39 is 0 Å². The van der Waals surface area contributed by atoms with Crippen LogP contribution in [0.5, 0.6) is 5.75 Å². The lowest BCUT2D eigenvalue weighted by molar-refractivity contribution is 0.368. The molecule has 1 atom stereocenters. The Morgan fingerprint density at radius 1 is 1.14 bits per heavy atom. The van der Waals surface area contributed by atoms with Crippen molar-refractivity contribution in [3.63, 3.8) is 0 Å². The summed E-state index contributed by atoms with van der Waals surface area (Å²) in [7, 11) is 0. The van der Waals surface area contributed by atoms with Crippen molar-refractivity contribution in [1.29, 1.82) is 5.26 Å². The molecule has 0 aromatic heterocycles. The van der Waals surface area contributed by atoms with Crippen LogP contribution in [0.25, 0.3) is 0 Å². The molecule has 0 heterocycles. The molecular weight excluding hydrogens is 267 g/mol. The zero-order chi connectivity index (χ0) is 15.1. The molecule has 0 aliphatic heterocycles. The molecule has 0 unspecified atom stereocenters. The number of halogens is 1. The van der Waals surface area contributed by atoms with Gasteiger partial charge < -0.3 is 10.1 Å². The molecule has 0 saturated heterocycles. The van der Waals surface area contributed by atoms with Crippen molar-refractivity contribution in [2.45, 2.75) is 19.5 Å². The van der Waals surface area contributed by atoms with E-state index in [-0.39, 0.29) is 18.5 Å². The molecule has 0 saturated carbocycles. The molecule has 0 spiro atoms. The van der Waals surface area contributed by atoms with Gasteiger partial charge in [0.15, 0.2) is 6.61 Å². The molecule has 2 aromatic carbocycles. The van der Waals surface area contributed by atoms with Gasteiger partial charge in [-0.05, 0) is 42.3 Å². The van der Waals surface area contributed by atoms with E-state index in [1.807, 2.05) is 37.3 Å². The van der Waals surface area contributed by atoms with Crippen molar-refractivity contribution in [3.8, 4) is 11.8 Å². The second-order valence-electron chi connectivity index (χ2n) is 4.74. The summed E-state index contributed by atoms with van der Waals surface area (Å²) in [4.78, 5) is 0. The lowest BCUT2D eigenvalue weighted by atomic mass is 10.1. The van der Waals surface area contributed by atoms with Gasteiger partial charge in [-0.2, -0.15) is 5.26 Å². The zero-order valence-electron chi connectivity index (χ0n) is 11.8. The van der Waals surface area contributed by atoms with Crippen LogP contribution < -0.4 is 10.1 Å². The lowest BCUT2D eigenvalue weighted by Crippen LogP contribution is -2.18. The Hall–Kier alpha value is -2.38. The number of rotatable bonds is 6. The molecule has 0 aliphatic carbocycles. The maximum Gasteiger partial charge on any atom is 0.174 e. The first-order valence-corrected chi connectivity index (χ1v) is 6.76. The van der Waals surface area contributed by atoms with Crippen LogP contribution in [-0.2, 0) is 6.54 Å². The van der Waals surface area contributed by atoms with Gasteiger partial charge in [-0.15, -0.1) is 0 Å². The molecule has 0 aliphatic rings. The summed E-state index contributed by atoms with van der Waals surface area (Å²) in [6.07, 6.45) is 0. The second-order valence-corrected chi connectivity index (χ2v) is 4.74. The molecule has 1 N–H and O–H groups in total. The Balaban J connectivity index is 1.87. The fourth-order valence-corrected chi connectivity index (χ4v) is 1.96. The highest BCUT2D eigenvalue weighted by Crippen LogP contribution is 2.15. The van der Waals surface area contributed by atoms with E-state index in [4.69, 9.17) is 10.00 Å². The summed E-state index contributed by atoms with van der Waals surface area (Å²) >= 11 is 0. The van der Waals surface area contributed by atoms with Gasteiger partial charge in [-0.25, -0.2) is 4.39 Å². The van der Waals surface area contributed by atoms with Crippen LogP contribution in [0.2, 0.25) is 0 Å². The highest BCUT2D eigenvalue weighted by molar-refractivity contribution is 5.27. The minimum atomic E-state index is -0.223. The second kappa shape index (κ2) is 7.41. The van der Waals surface area contributed by atoms with Gasteiger partial charge in [0, 0.05) is 12.6 Å². The van der Waals surface area contributed by atoms with Crippen molar-refractivity contribution in [1.82, 2.24) is 5.32 Å². The van der Waals surface area contributed by atoms with Gasteiger partial charge in [0.1, 0.15) is 17.6 Å². The number of hydrogen-bond donors (Lipinski definition) is 1. The van der Waals surface area contributed by atoms with Crippen molar-refractivity contribution in [3.05, 3.63) is 65.5 Å². The van der Waals surface area contributed by atoms with Crippen LogP contribution in [0.15, 0.2) is 48.5 Å². The first kappa shape index (κ1) is 15.0. The Bertz CT molecular complexity index is 602. The number of nitriles is 1. The monoisotopic (exact) mass is 284 g/mol. The third-order valence-corrected chi connectivity index (χ3v) is 3.21. The van der Waals surface area contributed by atoms with Crippen LogP contribution in [0.3, 0.4) is 0 Å². The molecule has 0 bridgehead atoms. The number of ether oxygens (including phenoxy) is 1. The largest absolute Gasteiger partial charge is 0.479 e. The standard InChI is InChI=1S/C17H17FN2O/c1-13(15-4-6-16(18)7-5-15)20-12-14-2-8-17(9-3-14)21-11-10-19/h2-9,13,20H,11-12H2,1H3/t13-/m1/s1. The Kier molecular flexibility index (Phi) is 5.30. The van der Waals surface area contributed by atoms with E-state index in [2.05, 4.69) is 5.32 Å². The van der Waals surface area contributed by atoms with E-state index in [1.165, 1.54) is 12.1 Å². The molecule has 3 nitrogen and oxygen atoms in total. The van der Waals surface area contributed by atoms with Crippen molar-refractivity contribution < 1.29 is 9.13 Å². The van der Waals surface area contributed by atoms with Crippen molar-refractivity contribution in [2.75, 3.05) is 6.61 Å². The van der Waals surface area contributed by atoms with E-state index in [0.717, 1.165) is 11.1 Å². The molecule has 0 amide bonds. The van der Waals surface area contributed by atoms with Crippen LogP contribution >= 0.6 is 0 Å². The summed E-state index contributed by atoms with van der Waals surface area (Å²) in [6, 6.07) is 16.2. The van der Waals surface area contributed by atoms with E-state index >= 15 is 0 Å². The van der Waals surface area contributed by atoms with Gasteiger partial charge in [-0.1, -0.05) is 24.3 Å². The van der Waals surface area contributed by atoms with Gasteiger partial charge >= 0.3 is 0 Å². The van der Waals surface area contributed by atoms with Gasteiger partial charge in [0.25, 0.3) is 0 Å².